The predicted molar refractivity (Wildman–Crippen MR) is 94.6 cm³/mol. The lowest BCUT2D eigenvalue weighted by Gasteiger charge is -2.35. The number of aryl methyl sites for hydroxylation is 1. The number of hydrogen-bond donors (Lipinski definition) is 2. The third-order valence-electron chi connectivity index (χ3n) is 4.18. The van der Waals surface area contributed by atoms with Gasteiger partial charge < -0.3 is 15.5 Å². The molecule has 22 heavy (non-hydrogen) atoms. The maximum absolute atomic E-state index is 4.44. The molecule has 5 nitrogen and oxygen atoms in total. The fourth-order valence-electron chi connectivity index (χ4n) is 2.70. The van der Waals surface area contributed by atoms with Crippen LogP contribution in [0.3, 0.4) is 0 Å². The number of nitrogens with zero attached hydrogens (tertiary/aromatic N) is 3. The van der Waals surface area contributed by atoms with E-state index in [1.807, 2.05) is 13.2 Å². The van der Waals surface area contributed by atoms with Crippen LogP contribution in [0.15, 0.2) is 11.2 Å². The van der Waals surface area contributed by atoms with Crippen LogP contribution in [0, 0.1) is 0 Å². The van der Waals surface area contributed by atoms with E-state index in [0.29, 0.717) is 12.1 Å². The van der Waals surface area contributed by atoms with Crippen LogP contribution in [0.2, 0.25) is 0 Å². The average Bonchev–Trinajstić information content (AvgIpc) is 3.00. The van der Waals surface area contributed by atoms with Gasteiger partial charge in [0.2, 0.25) is 0 Å². The van der Waals surface area contributed by atoms with E-state index < -0.39 is 0 Å². The van der Waals surface area contributed by atoms with E-state index in [2.05, 4.69) is 46.3 Å². The van der Waals surface area contributed by atoms with E-state index in [1.165, 1.54) is 30.8 Å². The number of rotatable bonds is 5. The van der Waals surface area contributed by atoms with Crippen LogP contribution in [0.1, 0.15) is 43.5 Å². The molecule has 1 aliphatic rings. The molecule has 1 fully saturated rings. The zero-order chi connectivity index (χ0) is 15.9. The van der Waals surface area contributed by atoms with Crippen molar-refractivity contribution in [3.63, 3.8) is 0 Å². The summed E-state index contributed by atoms with van der Waals surface area (Å²) >= 11 is 1.77. The Morgan fingerprint density at radius 1 is 1.45 bits per heavy atom. The Hall–Kier alpha value is -1.14. The molecule has 0 aliphatic carbocycles. The molecule has 1 aromatic rings. The molecule has 0 amide bonds. The molecule has 0 radical (unpaired) electrons. The highest BCUT2D eigenvalue weighted by Gasteiger charge is 2.21. The van der Waals surface area contributed by atoms with Crippen LogP contribution in [-0.2, 0) is 13.0 Å². The van der Waals surface area contributed by atoms with E-state index in [-0.39, 0.29) is 0 Å². The summed E-state index contributed by atoms with van der Waals surface area (Å²) in [6.07, 6.45) is 5.38. The zero-order valence-corrected chi connectivity index (χ0v) is 15.0. The van der Waals surface area contributed by atoms with Crippen LogP contribution in [-0.4, -0.2) is 48.1 Å². The second-order valence-corrected chi connectivity index (χ2v) is 7.25. The summed E-state index contributed by atoms with van der Waals surface area (Å²) in [7, 11) is 1.83. The van der Waals surface area contributed by atoms with Gasteiger partial charge in [0.25, 0.3) is 0 Å². The quantitative estimate of drug-likeness (QED) is 0.644. The number of piperidine rings is 1. The first-order chi connectivity index (χ1) is 10.6. The Balaban J connectivity index is 1.76. The van der Waals surface area contributed by atoms with Crippen molar-refractivity contribution in [1.29, 1.82) is 0 Å². The van der Waals surface area contributed by atoms with Crippen LogP contribution in [0.5, 0.6) is 0 Å². The number of aliphatic imine (C=N–C) groups is 1. The van der Waals surface area contributed by atoms with Gasteiger partial charge in [0, 0.05) is 43.3 Å². The highest BCUT2D eigenvalue weighted by Crippen LogP contribution is 2.14. The molecule has 0 spiro atoms. The van der Waals surface area contributed by atoms with Crippen molar-refractivity contribution in [3.05, 3.63) is 16.1 Å². The van der Waals surface area contributed by atoms with E-state index in [9.17, 15) is 0 Å². The second kappa shape index (κ2) is 8.48. The minimum Gasteiger partial charge on any atom is -0.354 e. The molecule has 0 bridgehead atoms. The molecule has 0 aromatic carbocycles. The first-order valence-corrected chi connectivity index (χ1v) is 9.08. The zero-order valence-electron chi connectivity index (χ0n) is 14.2. The van der Waals surface area contributed by atoms with Gasteiger partial charge in [0.15, 0.2) is 5.96 Å². The molecule has 2 N–H and O–H groups in total. The van der Waals surface area contributed by atoms with Crippen LogP contribution in [0.4, 0.5) is 0 Å². The van der Waals surface area contributed by atoms with Crippen molar-refractivity contribution in [1.82, 2.24) is 20.5 Å². The second-order valence-electron chi connectivity index (χ2n) is 6.05. The van der Waals surface area contributed by atoms with E-state index in [0.717, 1.165) is 23.9 Å². The molecule has 0 atom stereocenters. The molecule has 1 aromatic heterocycles. The minimum atomic E-state index is 0.517. The van der Waals surface area contributed by atoms with Crippen molar-refractivity contribution >= 4 is 17.3 Å². The largest absolute Gasteiger partial charge is 0.354 e. The first-order valence-electron chi connectivity index (χ1n) is 8.27. The molecular formula is C16H29N5S. The number of guanidine groups is 1. The summed E-state index contributed by atoms with van der Waals surface area (Å²) in [5.74, 6) is 0.885. The third kappa shape index (κ3) is 4.95. The average molecular weight is 324 g/mol. The maximum Gasteiger partial charge on any atom is 0.191 e. The maximum atomic E-state index is 4.44. The van der Waals surface area contributed by atoms with Gasteiger partial charge >= 0.3 is 0 Å². The van der Waals surface area contributed by atoms with E-state index in [1.54, 1.807) is 11.3 Å². The van der Waals surface area contributed by atoms with Gasteiger partial charge in [-0.15, -0.1) is 11.3 Å². The monoisotopic (exact) mass is 323 g/mol. The number of aromatic nitrogens is 1. The summed E-state index contributed by atoms with van der Waals surface area (Å²) in [6.45, 7) is 9.78. The summed E-state index contributed by atoms with van der Waals surface area (Å²) in [5, 5.41) is 8.04. The van der Waals surface area contributed by atoms with Crippen molar-refractivity contribution in [3.8, 4) is 0 Å². The SMILES string of the molecule is CCc1cnc(CNC(=NC)NC2CCN(C(C)C)CC2)s1. The van der Waals surface area contributed by atoms with Gasteiger partial charge in [-0.2, -0.15) is 0 Å². The Bertz CT molecular complexity index is 475. The summed E-state index contributed by atoms with van der Waals surface area (Å²) < 4.78 is 0. The van der Waals surface area contributed by atoms with E-state index in [4.69, 9.17) is 0 Å². The number of thiazole rings is 1. The summed E-state index contributed by atoms with van der Waals surface area (Å²) in [5.41, 5.74) is 0. The van der Waals surface area contributed by atoms with Gasteiger partial charge in [-0.1, -0.05) is 6.92 Å². The Morgan fingerprint density at radius 2 is 2.18 bits per heavy atom. The number of nitrogens with one attached hydrogen (secondary N) is 2. The molecule has 2 rings (SSSR count). The molecule has 124 valence electrons. The predicted octanol–water partition coefficient (Wildman–Crippen LogP) is 2.24. The number of hydrogen-bond acceptors (Lipinski definition) is 4. The minimum absolute atomic E-state index is 0.517. The van der Waals surface area contributed by atoms with Crippen LogP contribution >= 0.6 is 11.3 Å². The smallest absolute Gasteiger partial charge is 0.191 e. The third-order valence-corrected chi connectivity index (χ3v) is 5.32. The molecule has 1 saturated heterocycles. The van der Waals surface area contributed by atoms with Crippen molar-refractivity contribution in [2.75, 3.05) is 20.1 Å². The lowest BCUT2D eigenvalue weighted by Crippen LogP contribution is -2.49. The van der Waals surface area contributed by atoms with Gasteiger partial charge in [-0.3, -0.25) is 4.99 Å². The number of likely N-dealkylation sites (tertiary alicyclic amines) is 1. The van der Waals surface area contributed by atoms with Gasteiger partial charge in [-0.05, 0) is 33.1 Å². The van der Waals surface area contributed by atoms with Crippen LogP contribution < -0.4 is 10.6 Å². The highest BCUT2D eigenvalue weighted by molar-refractivity contribution is 7.11. The molecular weight excluding hydrogens is 294 g/mol. The Labute approximate surface area is 138 Å². The molecule has 0 saturated carbocycles. The van der Waals surface area contributed by atoms with Gasteiger partial charge in [0.1, 0.15) is 5.01 Å². The highest BCUT2D eigenvalue weighted by atomic mass is 32.1. The molecule has 6 heteroatoms. The van der Waals surface area contributed by atoms with Crippen molar-refractivity contribution < 1.29 is 0 Å². The first kappa shape index (κ1) is 17.2. The fraction of sp³-hybridized carbons (Fsp3) is 0.750. The van der Waals surface area contributed by atoms with Crippen molar-refractivity contribution in [2.24, 2.45) is 4.99 Å². The van der Waals surface area contributed by atoms with E-state index >= 15 is 0 Å². The normalized spacial score (nSPS) is 18.0. The topological polar surface area (TPSA) is 52.6 Å². The fourth-order valence-corrected chi connectivity index (χ4v) is 3.50. The molecule has 1 aliphatic heterocycles. The lowest BCUT2D eigenvalue weighted by atomic mass is 10.0. The van der Waals surface area contributed by atoms with Gasteiger partial charge in [0.05, 0.1) is 6.54 Å². The lowest BCUT2D eigenvalue weighted by molar-refractivity contribution is 0.167. The standard InChI is InChI=1S/C16H29N5S/c1-5-14-10-18-15(22-14)11-19-16(17-4)20-13-6-8-21(9-7-13)12(2)3/h10,12-13H,5-9,11H2,1-4H3,(H2,17,19,20). The van der Waals surface area contributed by atoms with Crippen molar-refractivity contribution in [2.45, 2.75) is 58.7 Å². The molecule has 2 heterocycles. The summed E-state index contributed by atoms with van der Waals surface area (Å²) in [4.78, 5) is 12.6. The molecule has 0 unspecified atom stereocenters. The van der Waals surface area contributed by atoms with Crippen LogP contribution in [0.25, 0.3) is 0 Å². The Morgan fingerprint density at radius 3 is 2.73 bits per heavy atom. The summed E-state index contributed by atoms with van der Waals surface area (Å²) in [6, 6.07) is 1.17. The Kier molecular flexibility index (Phi) is 6.64. The van der Waals surface area contributed by atoms with Gasteiger partial charge in [-0.25, -0.2) is 4.98 Å².